The molecular formula is C16H24N2O2. The highest BCUT2D eigenvalue weighted by atomic mass is 16.2. The van der Waals surface area contributed by atoms with E-state index >= 15 is 0 Å². The second-order valence-electron chi connectivity index (χ2n) is 7.03. The molecule has 2 fully saturated rings. The zero-order chi connectivity index (χ0) is 15.3. The van der Waals surface area contributed by atoms with E-state index in [1.807, 2.05) is 34.6 Å². The molecule has 1 N–H and O–H groups in total. The molecule has 2 rings (SSSR count). The molecule has 20 heavy (non-hydrogen) atoms. The molecule has 2 unspecified atom stereocenters. The van der Waals surface area contributed by atoms with Crippen molar-refractivity contribution in [3.8, 4) is 12.3 Å². The third-order valence-electron chi connectivity index (χ3n) is 4.57. The molecule has 1 heterocycles. The van der Waals surface area contributed by atoms with Gasteiger partial charge >= 0.3 is 0 Å². The summed E-state index contributed by atoms with van der Waals surface area (Å²) in [7, 11) is 0. The average molecular weight is 276 g/mol. The monoisotopic (exact) mass is 276 g/mol. The normalized spacial score (nSPS) is 31.2. The first-order valence-corrected chi connectivity index (χ1v) is 7.28. The van der Waals surface area contributed by atoms with E-state index < -0.39 is 17.1 Å². The van der Waals surface area contributed by atoms with Gasteiger partial charge < -0.3 is 10.2 Å². The van der Waals surface area contributed by atoms with E-state index in [4.69, 9.17) is 6.42 Å². The Kier molecular flexibility index (Phi) is 3.36. The smallest absolute Gasteiger partial charge is 0.250 e. The molecule has 1 saturated heterocycles. The van der Waals surface area contributed by atoms with Crippen LogP contribution < -0.4 is 5.32 Å². The lowest BCUT2D eigenvalue weighted by molar-refractivity contribution is -0.162. The first kappa shape index (κ1) is 14.9. The summed E-state index contributed by atoms with van der Waals surface area (Å²) >= 11 is 0. The maximum Gasteiger partial charge on any atom is 0.250 e. The molecule has 0 aromatic carbocycles. The fourth-order valence-electron chi connectivity index (χ4n) is 3.09. The fraction of sp³-hybridized carbons (Fsp3) is 0.750. The fourth-order valence-corrected chi connectivity index (χ4v) is 3.09. The van der Waals surface area contributed by atoms with E-state index in [9.17, 15) is 9.59 Å². The number of carbonyl (C=O) groups is 2. The Hall–Kier alpha value is -1.50. The Labute approximate surface area is 121 Å². The molecule has 110 valence electrons. The van der Waals surface area contributed by atoms with Crippen molar-refractivity contribution >= 4 is 11.8 Å². The molecule has 0 aromatic heterocycles. The molecule has 1 saturated carbocycles. The van der Waals surface area contributed by atoms with Gasteiger partial charge in [-0.05, 0) is 45.4 Å². The lowest BCUT2D eigenvalue weighted by Gasteiger charge is -2.50. The van der Waals surface area contributed by atoms with Crippen molar-refractivity contribution in [1.82, 2.24) is 10.2 Å². The molecule has 4 nitrogen and oxygen atoms in total. The van der Waals surface area contributed by atoms with Gasteiger partial charge in [-0.2, -0.15) is 0 Å². The number of nitrogens with zero attached hydrogens (tertiary/aromatic N) is 1. The molecule has 2 atom stereocenters. The Bertz CT molecular complexity index is 485. The van der Waals surface area contributed by atoms with Gasteiger partial charge in [0.05, 0.1) is 5.54 Å². The summed E-state index contributed by atoms with van der Waals surface area (Å²) in [6.45, 7) is 9.37. The summed E-state index contributed by atoms with van der Waals surface area (Å²) in [5.74, 6) is 2.81. The van der Waals surface area contributed by atoms with Crippen molar-refractivity contribution in [3.63, 3.8) is 0 Å². The Morgan fingerprint density at radius 2 is 1.95 bits per heavy atom. The lowest BCUT2D eigenvalue weighted by Crippen LogP contribution is -2.74. The summed E-state index contributed by atoms with van der Waals surface area (Å²) in [5, 5.41) is 2.96. The molecule has 2 amide bonds. The minimum atomic E-state index is -0.795. The minimum absolute atomic E-state index is 0.0235. The number of hydrogen-bond donors (Lipinski definition) is 1. The van der Waals surface area contributed by atoms with Crippen LogP contribution in [-0.4, -0.2) is 33.8 Å². The quantitative estimate of drug-likeness (QED) is 0.795. The van der Waals surface area contributed by atoms with E-state index in [1.165, 1.54) is 0 Å². The van der Waals surface area contributed by atoms with Gasteiger partial charge in [0.25, 0.3) is 0 Å². The predicted octanol–water partition coefficient (Wildman–Crippen LogP) is 1.55. The molecule has 0 radical (unpaired) electrons. The van der Waals surface area contributed by atoms with Gasteiger partial charge in [-0.25, -0.2) is 0 Å². The second kappa shape index (κ2) is 4.51. The van der Waals surface area contributed by atoms with Crippen LogP contribution in [0.15, 0.2) is 0 Å². The van der Waals surface area contributed by atoms with Gasteiger partial charge in [-0.3, -0.25) is 9.59 Å². The first-order valence-electron chi connectivity index (χ1n) is 7.28. The van der Waals surface area contributed by atoms with Gasteiger partial charge in [0, 0.05) is 0 Å². The van der Waals surface area contributed by atoms with E-state index in [-0.39, 0.29) is 23.7 Å². The van der Waals surface area contributed by atoms with Crippen LogP contribution in [0.25, 0.3) is 0 Å². The van der Waals surface area contributed by atoms with Crippen LogP contribution in [0, 0.1) is 24.2 Å². The average Bonchev–Trinajstić information content (AvgIpc) is 3.16. The number of amides is 2. The molecular weight excluding hydrogens is 252 g/mol. The maximum absolute atomic E-state index is 13.0. The van der Waals surface area contributed by atoms with Crippen LogP contribution in [0.3, 0.4) is 0 Å². The van der Waals surface area contributed by atoms with Crippen molar-refractivity contribution < 1.29 is 9.59 Å². The van der Waals surface area contributed by atoms with Crippen LogP contribution in [-0.2, 0) is 9.59 Å². The largest absolute Gasteiger partial charge is 0.340 e. The van der Waals surface area contributed by atoms with Crippen molar-refractivity contribution in [2.45, 2.75) is 64.6 Å². The number of carbonyl (C=O) groups excluding carboxylic acids is 2. The maximum atomic E-state index is 13.0. The zero-order valence-electron chi connectivity index (χ0n) is 13.0. The molecule has 0 bridgehead atoms. The molecule has 1 aliphatic carbocycles. The summed E-state index contributed by atoms with van der Waals surface area (Å²) in [6.07, 6.45) is 7.58. The van der Waals surface area contributed by atoms with E-state index in [0.29, 0.717) is 0 Å². The van der Waals surface area contributed by atoms with Gasteiger partial charge in [0.2, 0.25) is 11.8 Å². The van der Waals surface area contributed by atoms with Crippen LogP contribution in [0.2, 0.25) is 0 Å². The van der Waals surface area contributed by atoms with Crippen molar-refractivity contribution in [2.24, 2.45) is 11.8 Å². The third-order valence-corrected chi connectivity index (χ3v) is 4.57. The summed E-state index contributed by atoms with van der Waals surface area (Å²) in [5.41, 5.74) is -1.56. The summed E-state index contributed by atoms with van der Waals surface area (Å²) < 4.78 is 0. The standard InChI is InChI=1S/C16H24N2O2/c1-7-15(4,5)18-12(10(2)3)13(19)17-16(6,14(18)20)11-8-9-11/h1,10-12H,8-9H2,2-6H3,(H,17,19). The molecule has 0 spiro atoms. The number of hydrogen-bond acceptors (Lipinski definition) is 2. The van der Waals surface area contributed by atoms with Gasteiger partial charge in [0.15, 0.2) is 0 Å². The predicted molar refractivity (Wildman–Crippen MR) is 77.7 cm³/mol. The molecule has 4 heteroatoms. The van der Waals surface area contributed by atoms with E-state index in [1.54, 1.807) is 4.90 Å². The van der Waals surface area contributed by atoms with Gasteiger partial charge in [-0.1, -0.05) is 19.8 Å². The van der Waals surface area contributed by atoms with Gasteiger partial charge in [0.1, 0.15) is 11.6 Å². The van der Waals surface area contributed by atoms with Crippen LogP contribution in [0.1, 0.15) is 47.5 Å². The minimum Gasteiger partial charge on any atom is -0.340 e. The number of terminal acetylenes is 1. The van der Waals surface area contributed by atoms with Crippen molar-refractivity contribution in [2.75, 3.05) is 0 Å². The van der Waals surface area contributed by atoms with Crippen LogP contribution in [0.4, 0.5) is 0 Å². The number of rotatable bonds is 3. The second-order valence-corrected chi connectivity index (χ2v) is 7.03. The van der Waals surface area contributed by atoms with Crippen molar-refractivity contribution in [1.29, 1.82) is 0 Å². The zero-order valence-corrected chi connectivity index (χ0v) is 13.0. The van der Waals surface area contributed by atoms with E-state index in [0.717, 1.165) is 12.8 Å². The molecule has 2 aliphatic rings. The first-order chi connectivity index (χ1) is 9.15. The third kappa shape index (κ3) is 2.09. The number of nitrogens with one attached hydrogen (secondary N) is 1. The molecule has 0 aromatic rings. The SMILES string of the molecule is C#CC(C)(C)N1C(=O)C(C)(C2CC2)NC(=O)C1C(C)C. The highest BCUT2D eigenvalue weighted by molar-refractivity contribution is 6.00. The van der Waals surface area contributed by atoms with Crippen LogP contribution >= 0.6 is 0 Å². The topological polar surface area (TPSA) is 49.4 Å². The lowest BCUT2D eigenvalue weighted by atomic mass is 9.83. The highest BCUT2D eigenvalue weighted by Gasteiger charge is 2.58. The Morgan fingerprint density at radius 3 is 2.35 bits per heavy atom. The summed E-state index contributed by atoms with van der Waals surface area (Å²) in [6, 6.07) is -0.500. The summed E-state index contributed by atoms with van der Waals surface area (Å²) in [4.78, 5) is 27.2. The number of piperazine rings is 1. The Morgan fingerprint density at radius 1 is 1.40 bits per heavy atom. The molecule has 1 aliphatic heterocycles. The van der Waals surface area contributed by atoms with E-state index in [2.05, 4.69) is 11.2 Å². The highest BCUT2D eigenvalue weighted by Crippen LogP contribution is 2.44. The van der Waals surface area contributed by atoms with Crippen LogP contribution in [0.5, 0.6) is 0 Å². The van der Waals surface area contributed by atoms with Crippen molar-refractivity contribution in [3.05, 3.63) is 0 Å². The van der Waals surface area contributed by atoms with Gasteiger partial charge in [-0.15, -0.1) is 6.42 Å². The Balaban J connectivity index is 2.47.